The largest absolute Gasteiger partial charge is 0.434 e. The van der Waals surface area contributed by atoms with Crippen molar-refractivity contribution in [1.29, 1.82) is 0 Å². The fraction of sp³-hybridized carbons (Fsp3) is 0.400. The van der Waals surface area contributed by atoms with Crippen LogP contribution in [0.2, 0.25) is 0 Å². The van der Waals surface area contributed by atoms with E-state index in [1.54, 1.807) is 12.1 Å². The van der Waals surface area contributed by atoms with Crippen LogP contribution in [-0.2, 0) is 0 Å². The van der Waals surface area contributed by atoms with Gasteiger partial charge in [-0.05, 0) is 38.3 Å². The molecule has 1 aromatic heterocycles. The maximum Gasteiger partial charge on any atom is 0.376 e. The molecule has 6 heteroatoms. The van der Waals surface area contributed by atoms with E-state index in [4.69, 9.17) is 4.42 Å². The number of hydrogen-bond donors (Lipinski definition) is 0. The average Bonchev–Trinajstić information content (AvgIpc) is 2.48. The van der Waals surface area contributed by atoms with Crippen LogP contribution in [0.3, 0.4) is 0 Å². The van der Waals surface area contributed by atoms with Gasteiger partial charge in [-0.1, -0.05) is 11.6 Å². The third kappa shape index (κ3) is 2.37. The van der Waals surface area contributed by atoms with E-state index in [2.05, 4.69) is 0 Å². The third-order valence-electron chi connectivity index (χ3n) is 3.83. The summed E-state index contributed by atoms with van der Waals surface area (Å²) in [6.07, 6.45) is 3.00. The first-order chi connectivity index (χ1) is 10.1. The first-order valence-corrected chi connectivity index (χ1v) is 7.05. The van der Waals surface area contributed by atoms with E-state index in [0.717, 1.165) is 24.8 Å². The summed E-state index contributed by atoms with van der Waals surface area (Å²) in [6.45, 7) is 3.20. The van der Waals surface area contributed by atoms with Gasteiger partial charge in [0.2, 0.25) is 0 Å². The lowest BCUT2D eigenvalue weighted by Gasteiger charge is -2.26. The molecule has 2 aromatic rings. The molecule has 1 aromatic carbocycles. The van der Waals surface area contributed by atoms with Crippen molar-refractivity contribution in [3.05, 3.63) is 44.1 Å². The Morgan fingerprint density at radius 1 is 1.24 bits per heavy atom. The normalized spacial score (nSPS) is 15.4. The Hall–Kier alpha value is -2.37. The van der Waals surface area contributed by atoms with Crippen LogP contribution in [0.15, 0.2) is 27.4 Å². The predicted molar refractivity (Wildman–Crippen MR) is 79.9 cm³/mol. The number of fused-ring (bicyclic) bond motifs is 1. The van der Waals surface area contributed by atoms with Gasteiger partial charge in [-0.25, -0.2) is 0 Å². The minimum Gasteiger partial charge on any atom is -0.434 e. The van der Waals surface area contributed by atoms with Crippen molar-refractivity contribution in [3.8, 4) is 0 Å². The molecule has 1 saturated heterocycles. The molecule has 1 aliphatic heterocycles. The van der Waals surface area contributed by atoms with E-state index in [1.807, 2.05) is 17.9 Å². The lowest BCUT2D eigenvalue weighted by atomic mass is 10.1. The molecule has 3 rings (SSSR count). The van der Waals surface area contributed by atoms with Gasteiger partial charge >= 0.3 is 5.69 Å². The smallest absolute Gasteiger partial charge is 0.376 e. The number of anilines is 1. The lowest BCUT2D eigenvalue weighted by Crippen LogP contribution is -2.31. The van der Waals surface area contributed by atoms with Crippen LogP contribution >= 0.6 is 0 Å². The quantitative estimate of drug-likeness (QED) is 0.627. The molecule has 1 fully saturated rings. The molecule has 21 heavy (non-hydrogen) atoms. The highest BCUT2D eigenvalue weighted by Crippen LogP contribution is 2.31. The zero-order valence-electron chi connectivity index (χ0n) is 11.8. The Morgan fingerprint density at radius 3 is 2.62 bits per heavy atom. The second kappa shape index (κ2) is 5.20. The molecule has 1 aliphatic rings. The summed E-state index contributed by atoms with van der Waals surface area (Å²) in [5, 5.41) is 11.6. The monoisotopic (exact) mass is 288 g/mol. The van der Waals surface area contributed by atoms with Crippen molar-refractivity contribution < 1.29 is 9.34 Å². The van der Waals surface area contributed by atoms with Gasteiger partial charge in [0.15, 0.2) is 0 Å². The van der Waals surface area contributed by atoms with Crippen LogP contribution in [0, 0.1) is 17.0 Å². The number of benzene rings is 1. The van der Waals surface area contributed by atoms with Crippen molar-refractivity contribution in [2.45, 2.75) is 26.2 Å². The summed E-state index contributed by atoms with van der Waals surface area (Å²) in [4.78, 5) is 25.0. The molecular formula is C15H16N2O4. The molecule has 0 spiro atoms. The van der Waals surface area contributed by atoms with Crippen LogP contribution in [0.25, 0.3) is 11.0 Å². The number of piperidine rings is 1. The van der Waals surface area contributed by atoms with Crippen LogP contribution < -0.4 is 10.3 Å². The van der Waals surface area contributed by atoms with E-state index in [1.165, 1.54) is 0 Å². The van der Waals surface area contributed by atoms with Gasteiger partial charge in [0, 0.05) is 13.1 Å². The van der Waals surface area contributed by atoms with E-state index in [9.17, 15) is 14.9 Å². The maximum absolute atomic E-state index is 12.5. The van der Waals surface area contributed by atoms with Gasteiger partial charge in [-0.2, -0.15) is 0 Å². The van der Waals surface area contributed by atoms with Crippen molar-refractivity contribution in [3.63, 3.8) is 0 Å². The highest BCUT2D eigenvalue weighted by atomic mass is 16.6. The molecule has 6 nitrogen and oxygen atoms in total. The molecule has 0 unspecified atom stereocenters. The molecule has 0 amide bonds. The van der Waals surface area contributed by atoms with E-state index >= 15 is 0 Å². The molecule has 110 valence electrons. The van der Waals surface area contributed by atoms with Gasteiger partial charge < -0.3 is 9.32 Å². The van der Waals surface area contributed by atoms with Gasteiger partial charge in [0.05, 0.1) is 10.3 Å². The minimum atomic E-state index is -0.627. The highest BCUT2D eigenvalue weighted by Gasteiger charge is 2.29. The van der Waals surface area contributed by atoms with Crippen molar-refractivity contribution >= 4 is 22.5 Å². The molecule has 0 bridgehead atoms. The van der Waals surface area contributed by atoms with Gasteiger partial charge in [0.25, 0.3) is 11.3 Å². The second-order valence-corrected chi connectivity index (χ2v) is 5.39. The Morgan fingerprint density at radius 2 is 1.95 bits per heavy atom. The Kier molecular flexibility index (Phi) is 3.37. The van der Waals surface area contributed by atoms with Crippen molar-refractivity contribution in [2.75, 3.05) is 18.0 Å². The fourth-order valence-corrected chi connectivity index (χ4v) is 2.76. The van der Waals surface area contributed by atoms with Crippen LogP contribution in [-0.4, -0.2) is 18.0 Å². The summed E-state index contributed by atoms with van der Waals surface area (Å²) in [5.41, 5.74) is 0.257. The van der Waals surface area contributed by atoms with E-state index in [-0.39, 0.29) is 11.3 Å². The number of hydrogen-bond acceptors (Lipinski definition) is 5. The summed E-state index contributed by atoms with van der Waals surface area (Å²) < 4.78 is 5.71. The zero-order chi connectivity index (χ0) is 15.0. The lowest BCUT2D eigenvalue weighted by molar-refractivity contribution is -0.385. The molecule has 2 heterocycles. The van der Waals surface area contributed by atoms with E-state index in [0.29, 0.717) is 18.7 Å². The Bertz CT molecular complexity index is 760. The summed E-state index contributed by atoms with van der Waals surface area (Å²) in [5.74, 6) is 0.0982. The fourth-order valence-electron chi connectivity index (χ4n) is 2.76. The van der Waals surface area contributed by atoms with Crippen LogP contribution in [0.1, 0.15) is 24.8 Å². The first kappa shape index (κ1) is 13.6. The Balaban J connectivity index is 2.27. The summed E-state index contributed by atoms with van der Waals surface area (Å²) in [7, 11) is 0. The molecular weight excluding hydrogens is 272 g/mol. The number of rotatable bonds is 2. The maximum atomic E-state index is 12.5. The number of aryl methyl sites for hydroxylation is 1. The summed E-state index contributed by atoms with van der Waals surface area (Å²) in [6, 6.07) is 5.16. The Labute approximate surface area is 121 Å². The molecule has 0 N–H and O–H groups in total. The van der Waals surface area contributed by atoms with E-state index < -0.39 is 16.0 Å². The molecule has 0 saturated carbocycles. The average molecular weight is 288 g/mol. The first-order valence-electron chi connectivity index (χ1n) is 7.05. The van der Waals surface area contributed by atoms with Crippen LogP contribution in [0.5, 0.6) is 0 Å². The molecule has 0 aliphatic carbocycles. The van der Waals surface area contributed by atoms with Gasteiger partial charge in [-0.3, -0.25) is 14.9 Å². The standard InChI is InChI=1S/C15H16N2O4/c1-10-5-6-12-11(9-10)14(18)13(17(19)20)15(21-12)16-7-3-2-4-8-16/h5-6,9H,2-4,7-8H2,1H3. The number of nitro groups is 1. The third-order valence-corrected chi connectivity index (χ3v) is 3.83. The number of nitrogens with zero attached hydrogens (tertiary/aromatic N) is 2. The summed E-state index contributed by atoms with van der Waals surface area (Å²) >= 11 is 0. The molecule has 0 radical (unpaired) electrons. The SMILES string of the molecule is Cc1ccc2oc(N3CCCCC3)c([N+](=O)[O-])c(=O)c2c1. The van der Waals surface area contributed by atoms with Crippen LogP contribution in [0.4, 0.5) is 11.6 Å². The van der Waals surface area contributed by atoms with Gasteiger partial charge in [-0.15, -0.1) is 0 Å². The topological polar surface area (TPSA) is 76.6 Å². The predicted octanol–water partition coefficient (Wildman–Crippen LogP) is 3.00. The highest BCUT2D eigenvalue weighted by molar-refractivity contribution is 5.82. The van der Waals surface area contributed by atoms with Gasteiger partial charge in [0.1, 0.15) is 5.58 Å². The van der Waals surface area contributed by atoms with Crippen molar-refractivity contribution in [2.24, 2.45) is 0 Å². The second-order valence-electron chi connectivity index (χ2n) is 5.39. The molecule has 0 atom stereocenters. The zero-order valence-corrected chi connectivity index (χ0v) is 11.8. The minimum absolute atomic E-state index is 0.0982. The van der Waals surface area contributed by atoms with Crippen molar-refractivity contribution in [1.82, 2.24) is 0 Å².